The zero-order chi connectivity index (χ0) is 9.03. The molecule has 1 atom stereocenters. The van der Waals surface area contributed by atoms with Gasteiger partial charge in [0.05, 0.1) is 11.0 Å². The molecule has 0 bridgehead atoms. The fourth-order valence-corrected chi connectivity index (χ4v) is 3.59. The summed E-state index contributed by atoms with van der Waals surface area (Å²) in [6.45, 7) is 0.809. The van der Waals surface area contributed by atoms with E-state index in [-0.39, 0.29) is 5.25 Å². The Labute approximate surface area is 74.5 Å². The first kappa shape index (κ1) is 9.99. The third-order valence-electron chi connectivity index (χ3n) is 2.43. The van der Waals surface area contributed by atoms with E-state index in [0.717, 1.165) is 32.2 Å². The Morgan fingerprint density at radius 1 is 1.42 bits per heavy atom. The Morgan fingerprint density at radius 2 is 2.17 bits per heavy atom. The molecule has 1 fully saturated rings. The van der Waals surface area contributed by atoms with E-state index in [1.807, 2.05) is 7.05 Å². The summed E-state index contributed by atoms with van der Waals surface area (Å²) in [7, 11) is -0.879. The third kappa shape index (κ3) is 2.45. The lowest BCUT2D eigenvalue weighted by molar-refractivity contribution is 0.522. The molecule has 0 amide bonds. The molecule has 1 heterocycles. The van der Waals surface area contributed by atoms with Gasteiger partial charge in [-0.25, -0.2) is 8.42 Å². The van der Waals surface area contributed by atoms with Crippen molar-refractivity contribution in [1.82, 2.24) is 5.32 Å². The van der Waals surface area contributed by atoms with E-state index in [2.05, 4.69) is 5.32 Å². The number of hydrogen-bond acceptors (Lipinski definition) is 3. The summed E-state index contributed by atoms with van der Waals surface area (Å²) in [5, 5.41) is 2.92. The highest BCUT2D eigenvalue weighted by Crippen LogP contribution is 2.21. The Hall–Kier alpha value is -0.0900. The molecule has 4 heteroatoms. The number of nitrogens with one attached hydrogen (secondary N) is 1. The number of rotatable bonds is 3. The summed E-state index contributed by atoms with van der Waals surface area (Å²) in [5.41, 5.74) is 0. The van der Waals surface area contributed by atoms with Crippen LogP contribution in [0.1, 0.15) is 25.7 Å². The largest absolute Gasteiger partial charge is 0.320 e. The lowest BCUT2D eigenvalue weighted by Crippen LogP contribution is -2.30. The van der Waals surface area contributed by atoms with Gasteiger partial charge in [-0.2, -0.15) is 0 Å². The fraction of sp³-hybridized carbons (Fsp3) is 1.00. The van der Waals surface area contributed by atoms with Crippen LogP contribution < -0.4 is 5.32 Å². The van der Waals surface area contributed by atoms with Crippen molar-refractivity contribution in [3.05, 3.63) is 0 Å². The molecule has 0 aromatic heterocycles. The van der Waals surface area contributed by atoms with Crippen LogP contribution in [0.4, 0.5) is 0 Å². The molecule has 1 aliphatic rings. The van der Waals surface area contributed by atoms with Gasteiger partial charge in [0.25, 0.3) is 0 Å². The average Bonchev–Trinajstić information content (AvgIpc) is 2.02. The van der Waals surface area contributed by atoms with E-state index in [1.165, 1.54) is 0 Å². The van der Waals surface area contributed by atoms with E-state index in [1.54, 1.807) is 0 Å². The predicted octanol–water partition coefficient (Wildman–Crippen LogP) is 0.563. The van der Waals surface area contributed by atoms with Gasteiger partial charge in [0.15, 0.2) is 9.84 Å². The molecule has 12 heavy (non-hydrogen) atoms. The maximum atomic E-state index is 11.5. The number of hydrogen-bond donors (Lipinski definition) is 1. The normalized spacial score (nSPS) is 28.6. The summed E-state index contributed by atoms with van der Waals surface area (Å²) in [6, 6.07) is 0. The van der Waals surface area contributed by atoms with Crippen molar-refractivity contribution in [2.75, 3.05) is 19.3 Å². The summed E-state index contributed by atoms with van der Waals surface area (Å²) in [4.78, 5) is 0. The van der Waals surface area contributed by atoms with Gasteiger partial charge in [-0.05, 0) is 32.9 Å². The van der Waals surface area contributed by atoms with Crippen LogP contribution in [0.15, 0.2) is 0 Å². The molecule has 0 aromatic carbocycles. The van der Waals surface area contributed by atoms with Crippen LogP contribution in [0.25, 0.3) is 0 Å². The van der Waals surface area contributed by atoms with Crippen molar-refractivity contribution in [2.45, 2.75) is 30.9 Å². The lowest BCUT2D eigenvalue weighted by atomic mass is 10.1. The first-order chi connectivity index (χ1) is 5.67. The van der Waals surface area contributed by atoms with Gasteiger partial charge in [0, 0.05) is 0 Å². The summed E-state index contributed by atoms with van der Waals surface area (Å²) in [5.74, 6) is 0.404. The molecule has 0 aromatic rings. The summed E-state index contributed by atoms with van der Waals surface area (Å²) in [6.07, 6.45) is 3.58. The first-order valence-corrected chi connectivity index (χ1v) is 6.24. The zero-order valence-corrected chi connectivity index (χ0v) is 8.36. The highest BCUT2D eigenvalue weighted by Gasteiger charge is 2.27. The topological polar surface area (TPSA) is 46.2 Å². The second-order valence-corrected chi connectivity index (χ2v) is 5.78. The fourth-order valence-electron chi connectivity index (χ4n) is 1.65. The lowest BCUT2D eigenvalue weighted by Gasteiger charge is -2.21. The van der Waals surface area contributed by atoms with Crippen LogP contribution >= 0.6 is 0 Å². The van der Waals surface area contributed by atoms with Crippen molar-refractivity contribution < 1.29 is 8.42 Å². The van der Waals surface area contributed by atoms with E-state index in [0.29, 0.717) is 5.75 Å². The van der Waals surface area contributed by atoms with Gasteiger partial charge >= 0.3 is 0 Å². The van der Waals surface area contributed by atoms with Crippen LogP contribution in [0.5, 0.6) is 0 Å². The van der Waals surface area contributed by atoms with Gasteiger partial charge in [0.1, 0.15) is 0 Å². The minimum absolute atomic E-state index is 0.0706. The Bertz CT molecular complexity index is 223. The van der Waals surface area contributed by atoms with Crippen LogP contribution in [-0.2, 0) is 9.84 Å². The molecule has 1 rings (SSSR count). The van der Waals surface area contributed by atoms with Gasteiger partial charge in [-0.3, -0.25) is 0 Å². The molecule has 0 radical (unpaired) electrons. The molecule has 0 saturated carbocycles. The maximum Gasteiger partial charge on any atom is 0.153 e. The highest BCUT2D eigenvalue weighted by molar-refractivity contribution is 7.92. The van der Waals surface area contributed by atoms with Crippen LogP contribution in [-0.4, -0.2) is 33.0 Å². The van der Waals surface area contributed by atoms with Crippen LogP contribution in [0.2, 0.25) is 0 Å². The maximum absolute atomic E-state index is 11.5. The molecule has 1 aliphatic heterocycles. The van der Waals surface area contributed by atoms with E-state index in [9.17, 15) is 8.42 Å². The van der Waals surface area contributed by atoms with Crippen molar-refractivity contribution in [3.63, 3.8) is 0 Å². The molecule has 0 aliphatic carbocycles. The molecule has 1 unspecified atom stereocenters. The smallest absolute Gasteiger partial charge is 0.153 e. The predicted molar refractivity (Wildman–Crippen MR) is 50.0 cm³/mol. The van der Waals surface area contributed by atoms with Crippen molar-refractivity contribution in [3.8, 4) is 0 Å². The highest BCUT2D eigenvalue weighted by atomic mass is 32.2. The van der Waals surface area contributed by atoms with Crippen LogP contribution in [0.3, 0.4) is 0 Å². The monoisotopic (exact) mass is 191 g/mol. The second-order valence-electron chi connectivity index (χ2n) is 3.38. The first-order valence-electron chi connectivity index (χ1n) is 4.53. The third-order valence-corrected chi connectivity index (χ3v) is 4.77. The number of sulfone groups is 1. The van der Waals surface area contributed by atoms with Gasteiger partial charge in [0.2, 0.25) is 0 Å². The Morgan fingerprint density at radius 3 is 2.75 bits per heavy atom. The van der Waals surface area contributed by atoms with Gasteiger partial charge in [-0.1, -0.05) is 6.42 Å². The quantitative estimate of drug-likeness (QED) is 0.709. The average molecular weight is 191 g/mol. The molecule has 0 spiro atoms. The molecule has 3 nitrogen and oxygen atoms in total. The molecule has 1 saturated heterocycles. The molecular weight excluding hydrogens is 174 g/mol. The van der Waals surface area contributed by atoms with Crippen LogP contribution in [0, 0.1) is 0 Å². The van der Waals surface area contributed by atoms with E-state index >= 15 is 0 Å². The molecular formula is C8H17NO2S. The SMILES string of the molecule is CNCCC1CCCCS1(=O)=O. The van der Waals surface area contributed by atoms with Crippen molar-refractivity contribution in [2.24, 2.45) is 0 Å². The Balaban J connectivity index is 2.49. The van der Waals surface area contributed by atoms with Crippen molar-refractivity contribution >= 4 is 9.84 Å². The summed E-state index contributed by atoms with van der Waals surface area (Å²) < 4.78 is 22.9. The van der Waals surface area contributed by atoms with E-state index < -0.39 is 9.84 Å². The van der Waals surface area contributed by atoms with E-state index in [4.69, 9.17) is 0 Å². The van der Waals surface area contributed by atoms with Gasteiger partial charge in [-0.15, -0.1) is 0 Å². The van der Waals surface area contributed by atoms with Gasteiger partial charge < -0.3 is 5.32 Å². The molecule has 1 N–H and O–H groups in total. The summed E-state index contributed by atoms with van der Waals surface area (Å²) >= 11 is 0. The second kappa shape index (κ2) is 4.23. The Kier molecular flexibility index (Phi) is 3.53. The minimum Gasteiger partial charge on any atom is -0.320 e. The molecule has 72 valence electrons. The standard InChI is InChI=1S/C8H17NO2S/c1-9-6-5-8-4-2-3-7-12(8,10)11/h8-9H,2-7H2,1H3. The minimum atomic E-state index is -2.74. The zero-order valence-electron chi connectivity index (χ0n) is 7.54. The van der Waals surface area contributed by atoms with Crippen molar-refractivity contribution in [1.29, 1.82) is 0 Å².